The summed E-state index contributed by atoms with van der Waals surface area (Å²) in [6.07, 6.45) is 9.20. The lowest BCUT2D eigenvalue weighted by molar-refractivity contribution is -0.147. The van der Waals surface area contributed by atoms with Crippen LogP contribution in [0.1, 0.15) is 57.9 Å². The van der Waals surface area contributed by atoms with Gasteiger partial charge < -0.3 is 14.6 Å². The van der Waals surface area contributed by atoms with Gasteiger partial charge in [-0.15, -0.1) is 0 Å². The van der Waals surface area contributed by atoms with Crippen molar-refractivity contribution in [2.45, 2.75) is 52.4 Å². The molecule has 0 aliphatic carbocycles. The lowest BCUT2D eigenvalue weighted by Gasteiger charge is -2.08. The van der Waals surface area contributed by atoms with Gasteiger partial charge in [0.2, 0.25) is 0 Å². The molecule has 0 saturated carbocycles. The summed E-state index contributed by atoms with van der Waals surface area (Å²) < 4.78 is 11.0. The van der Waals surface area contributed by atoms with Crippen molar-refractivity contribution in [2.24, 2.45) is 5.92 Å². The molecule has 0 atom stereocenters. The Hall–Kier alpha value is -3.08. The van der Waals surface area contributed by atoms with Gasteiger partial charge in [-0.25, -0.2) is 4.79 Å². The molecule has 0 bridgehead atoms. The largest absolute Gasteiger partial charge is 0.494 e. The van der Waals surface area contributed by atoms with Crippen molar-refractivity contribution in [3.8, 4) is 16.9 Å². The van der Waals surface area contributed by atoms with Gasteiger partial charge in [0.25, 0.3) is 0 Å². The van der Waals surface area contributed by atoms with Gasteiger partial charge in [0.1, 0.15) is 5.75 Å². The molecule has 0 fully saturated rings. The Morgan fingerprint density at radius 3 is 1.91 bits per heavy atom. The molecule has 2 rings (SSSR count). The zero-order chi connectivity index (χ0) is 23.2. The van der Waals surface area contributed by atoms with E-state index >= 15 is 0 Å². The minimum absolute atomic E-state index is 0.0488. The third-order valence-corrected chi connectivity index (χ3v) is 5.04. The number of aliphatic carboxylic acids is 1. The maximum Gasteiger partial charge on any atom is 0.328 e. The third kappa shape index (κ3) is 9.82. The summed E-state index contributed by atoms with van der Waals surface area (Å²) in [6, 6.07) is 15.8. The lowest BCUT2D eigenvalue weighted by Crippen LogP contribution is -2.12. The van der Waals surface area contributed by atoms with Gasteiger partial charge in [0.05, 0.1) is 19.1 Å². The Bertz CT molecular complexity index is 851. The fourth-order valence-electron chi connectivity index (χ4n) is 3.14. The number of unbranched alkanes of at least 4 members (excludes halogenated alkanes) is 5. The molecule has 0 spiro atoms. The van der Waals surface area contributed by atoms with Crippen molar-refractivity contribution in [1.29, 1.82) is 0 Å². The summed E-state index contributed by atoms with van der Waals surface area (Å²) in [7, 11) is 0. The number of benzene rings is 2. The zero-order valence-corrected chi connectivity index (χ0v) is 19.1. The molecular weight excluding hydrogens is 404 g/mol. The van der Waals surface area contributed by atoms with E-state index in [-0.39, 0.29) is 11.9 Å². The highest BCUT2D eigenvalue weighted by Crippen LogP contribution is 2.23. The SMILES string of the molecule is CC(C)C(=O)OCCCCCCCCOc1ccc(-c2ccc(/C=C/C(=O)O)cc2)cc1. The van der Waals surface area contributed by atoms with E-state index in [1.54, 1.807) is 6.08 Å². The molecule has 0 unspecified atom stereocenters. The number of hydrogen-bond acceptors (Lipinski definition) is 4. The van der Waals surface area contributed by atoms with E-state index in [2.05, 4.69) is 0 Å². The number of carboxylic acids is 1. The molecule has 0 aromatic heterocycles. The molecule has 0 heterocycles. The van der Waals surface area contributed by atoms with Crippen LogP contribution >= 0.6 is 0 Å². The van der Waals surface area contributed by atoms with Crippen LogP contribution in [0.5, 0.6) is 5.75 Å². The van der Waals surface area contributed by atoms with Crippen molar-refractivity contribution in [2.75, 3.05) is 13.2 Å². The van der Waals surface area contributed by atoms with Gasteiger partial charge in [0.15, 0.2) is 0 Å². The van der Waals surface area contributed by atoms with Crippen LogP contribution in [0.15, 0.2) is 54.6 Å². The van der Waals surface area contributed by atoms with Crippen LogP contribution in [0.25, 0.3) is 17.2 Å². The summed E-state index contributed by atoms with van der Waals surface area (Å²) in [4.78, 5) is 21.9. The normalized spacial score (nSPS) is 11.1. The van der Waals surface area contributed by atoms with Gasteiger partial charge in [-0.1, -0.05) is 75.9 Å². The first-order valence-electron chi connectivity index (χ1n) is 11.4. The Morgan fingerprint density at radius 1 is 0.812 bits per heavy atom. The zero-order valence-electron chi connectivity index (χ0n) is 19.1. The molecule has 0 aliphatic heterocycles. The molecule has 0 radical (unpaired) electrons. The van der Waals surface area contributed by atoms with Gasteiger partial charge >= 0.3 is 11.9 Å². The second-order valence-corrected chi connectivity index (χ2v) is 8.11. The predicted molar refractivity (Wildman–Crippen MR) is 128 cm³/mol. The Kier molecular flexibility index (Phi) is 11.1. The van der Waals surface area contributed by atoms with Crippen LogP contribution in [0.3, 0.4) is 0 Å². The van der Waals surface area contributed by atoms with E-state index in [1.165, 1.54) is 0 Å². The first-order chi connectivity index (χ1) is 15.5. The first-order valence-corrected chi connectivity index (χ1v) is 11.4. The van der Waals surface area contributed by atoms with Gasteiger partial charge in [-0.2, -0.15) is 0 Å². The van der Waals surface area contributed by atoms with Crippen LogP contribution < -0.4 is 4.74 Å². The van der Waals surface area contributed by atoms with Crippen molar-refractivity contribution < 1.29 is 24.2 Å². The summed E-state index contributed by atoms with van der Waals surface area (Å²) >= 11 is 0. The number of esters is 1. The van der Waals surface area contributed by atoms with Crippen molar-refractivity contribution in [3.05, 3.63) is 60.2 Å². The van der Waals surface area contributed by atoms with Gasteiger partial charge in [-0.05, 0) is 47.7 Å². The summed E-state index contributed by atoms with van der Waals surface area (Å²) in [5.74, 6) is -0.251. The topological polar surface area (TPSA) is 72.8 Å². The van der Waals surface area contributed by atoms with Gasteiger partial charge in [-0.3, -0.25) is 4.79 Å². The van der Waals surface area contributed by atoms with E-state index in [1.807, 2.05) is 62.4 Å². The number of hydrogen-bond donors (Lipinski definition) is 1. The first kappa shape index (κ1) is 25.2. The van der Waals surface area contributed by atoms with Crippen LogP contribution in [0, 0.1) is 5.92 Å². The highest BCUT2D eigenvalue weighted by Gasteiger charge is 2.07. The second-order valence-electron chi connectivity index (χ2n) is 8.11. The Labute approximate surface area is 191 Å². The molecule has 0 saturated heterocycles. The molecule has 0 amide bonds. The lowest BCUT2D eigenvalue weighted by atomic mass is 10.0. The minimum Gasteiger partial charge on any atom is -0.494 e. The molecule has 172 valence electrons. The molecule has 1 N–H and O–H groups in total. The smallest absolute Gasteiger partial charge is 0.328 e. The molecule has 5 nitrogen and oxygen atoms in total. The standard InChI is InChI=1S/C27H34O5/c1-21(2)27(30)32-20-8-6-4-3-5-7-19-31-25-16-14-24(15-17-25)23-12-9-22(10-13-23)11-18-26(28)29/h9-18,21H,3-8,19-20H2,1-2H3,(H,28,29)/b18-11+. The van der Waals surface area contributed by atoms with E-state index in [0.717, 1.165) is 67.0 Å². The quantitative estimate of drug-likeness (QED) is 0.211. The van der Waals surface area contributed by atoms with Crippen molar-refractivity contribution >= 4 is 18.0 Å². The molecule has 5 heteroatoms. The minimum atomic E-state index is -0.953. The predicted octanol–water partition coefficient (Wildman–Crippen LogP) is 6.37. The van der Waals surface area contributed by atoms with Crippen molar-refractivity contribution in [3.63, 3.8) is 0 Å². The average molecular weight is 439 g/mol. The fraction of sp³-hybridized carbons (Fsp3) is 0.407. The van der Waals surface area contributed by atoms with E-state index in [0.29, 0.717) is 13.2 Å². The molecule has 32 heavy (non-hydrogen) atoms. The number of carbonyl (C=O) groups excluding carboxylic acids is 1. The molecule has 2 aromatic carbocycles. The van der Waals surface area contributed by atoms with Crippen LogP contribution in [0.4, 0.5) is 0 Å². The summed E-state index contributed by atoms with van der Waals surface area (Å²) in [5.41, 5.74) is 3.01. The maximum absolute atomic E-state index is 11.4. The van der Waals surface area contributed by atoms with E-state index in [9.17, 15) is 9.59 Å². The van der Waals surface area contributed by atoms with Crippen LogP contribution in [-0.4, -0.2) is 30.3 Å². The maximum atomic E-state index is 11.4. The van der Waals surface area contributed by atoms with Crippen LogP contribution in [-0.2, 0) is 14.3 Å². The van der Waals surface area contributed by atoms with Crippen molar-refractivity contribution in [1.82, 2.24) is 0 Å². The number of ether oxygens (including phenoxy) is 2. The second kappa shape index (κ2) is 14.1. The highest BCUT2D eigenvalue weighted by atomic mass is 16.5. The monoisotopic (exact) mass is 438 g/mol. The summed E-state index contributed by atoms with van der Waals surface area (Å²) in [5, 5.41) is 8.69. The Balaban J connectivity index is 1.59. The fourth-order valence-corrected chi connectivity index (χ4v) is 3.14. The number of carboxylic acid groups (broad SMARTS) is 1. The molecule has 0 aliphatic rings. The van der Waals surface area contributed by atoms with E-state index < -0.39 is 5.97 Å². The van der Waals surface area contributed by atoms with Crippen LogP contribution in [0.2, 0.25) is 0 Å². The number of carbonyl (C=O) groups is 2. The average Bonchev–Trinajstić information content (AvgIpc) is 2.79. The molecule has 2 aromatic rings. The highest BCUT2D eigenvalue weighted by molar-refractivity contribution is 5.85. The van der Waals surface area contributed by atoms with E-state index in [4.69, 9.17) is 14.6 Å². The Morgan fingerprint density at radius 2 is 1.34 bits per heavy atom. The third-order valence-electron chi connectivity index (χ3n) is 5.04. The van der Waals surface area contributed by atoms with Gasteiger partial charge in [0, 0.05) is 6.08 Å². The summed E-state index contributed by atoms with van der Waals surface area (Å²) in [6.45, 7) is 4.93. The molecular formula is C27H34O5. The number of rotatable bonds is 14.